The molecule has 0 fully saturated rings. The van der Waals surface area contributed by atoms with Crippen LogP contribution in [0.5, 0.6) is 0 Å². The van der Waals surface area contributed by atoms with Crippen LogP contribution in [0.4, 0.5) is 68.2 Å². The van der Waals surface area contributed by atoms with Crippen LogP contribution in [0.15, 0.2) is 352 Å². The number of hydrogen-bond acceptors (Lipinski definition) is 4. The quantitative estimate of drug-likeness (QED) is 0.0849. The van der Waals surface area contributed by atoms with Gasteiger partial charge in [-0.15, -0.1) is 0 Å². The molecule has 0 heterocycles. The van der Waals surface area contributed by atoms with Crippen molar-refractivity contribution in [1.29, 1.82) is 0 Å². The first-order valence-corrected chi connectivity index (χ1v) is 40.0. The smallest absolute Gasteiger partial charge is 0.0462 e. The lowest BCUT2D eigenvalue weighted by molar-refractivity contribution is 1.18. The minimum Gasteiger partial charge on any atom is -0.311 e. The molecule has 0 N–H and O–H groups in total. The zero-order valence-corrected chi connectivity index (χ0v) is 69.8. The molecular formula is C102H136N4. The summed E-state index contributed by atoms with van der Waals surface area (Å²) in [5.74, 6) is 0. The van der Waals surface area contributed by atoms with Crippen molar-refractivity contribution in [3.05, 3.63) is 374 Å². The Morgan fingerprint density at radius 3 is 0.443 bits per heavy atom. The van der Waals surface area contributed by atoms with Gasteiger partial charge in [-0.3, -0.25) is 0 Å². The van der Waals surface area contributed by atoms with E-state index in [1.54, 1.807) is 0 Å². The maximum atomic E-state index is 2.29. The maximum absolute atomic E-state index is 2.29. The maximum Gasteiger partial charge on any atom is 0.0462 e. The molecule has 0 saturated heterocycles. The lowest BCUT2D eigenvalue weighted by atomic mass is 10.0. The van der Waals surface area contributed by atoms with Gasteiger partial charge in [0.2, 0.25) is 0 Å². The summed E-state index contributed by atoms with van der Waals surface area (Å²) in [4.78, 5) is 9.14. The minimum absolute atomic E-state index is 0.865. The third kappa shape index (κ3) is 33.8. The Hall–Kier alpha value is -10.7. The van der Waals surface area contributed by atoms with Gasteiger partial charge in [-0.2, -0.15) is 0 Å². The lowest BCUT2D eigenvalue weighted by Crippen LogP contribution is -2.10. The van der Waals surface area contributed by atoms with Gasteiger partial charge in [0, 0.05) is 68.2 Å². The molecule has 0 bridgehead atoms. The van der Waals surface area contributed by atoms with Gasteiger partial charge in [-0.25, -0.2) is 0 Å². The first kappa shape index (κ1) is 97.4. The Kier molecular flexibility index (Phi) is 60.9. The number of benzene rings is 12. The number of rotatable bonds is 18. The Labute approximate surface area is 649 Å². The molecule has 12 rings (SSSR count). The molecule has 0 saturated carbocycles. The van der Waals surface area contributed by atoms with Gasteiger partial charge in [-0.05, 0) is 181 Å². The molecule has 0 atom stereocenters. The topological polar surface area (TPSA) is 13.0 Å². The van der Waals surface area contributed by atoms with Gasteiger partial charge >= 0.3 is 0 Å². The van der Waals surface area contributed by atoms with Gasteiger partial charge in [-0.1, -0.05) is 385 Å². The van der Waals surface area contributed by atoms with E-state index in [0.29, 0.717) is 0 Å². The highest BCUT2D eigenvalue weighted by Crippen LogP contribution is 2.39. The minimum atomic E-state index is 0.865. The Balaban J connectivity index is 0. The number of para-hydroxylation sites is 8. The van der Waals surface area contributed by atoms with Gasteiger partial charge in [0.15, 0.2) is 0 Å². The molecule has 4 nitrogen and oxygen atoms in total. The van der Waals surface area contributed by atoms with Crippen molar-refractivity contribution in [3.8, 4) is 0 Å². The summed E-state index contributed by atoms with van der Waals surface area (Å²) >= 11 is 0. The summed E-state index contributed by atoms with van der Waals surface area (Å²) < 4.78 is 0. The van der Waals surface area contributed by atoms with Crippen molar-refractivity contribution < 1.29 is 0 Å². The molecule has 4 heteroatoms. The fourth-order valence-electron chi connectivity index (χ4n) is 10.1. The fraction of sp³-hybridized carbons (Fsp3) is 0.255. The highest BCUT2D eigenvalue weighted by atomic mass is 15.2. The molecule has 0 aliphatic rings. The predicted molar refractivity (Wildman–Crippen MR) is 486 cm³/mol. The monoisotopic (exact) mass is 1420 g/mol. The van der Waals surface area contributed by atoms with Gasteiger partial charge in [0.1, 0.15) is 0 Å². The van der Waals surface area contributed by atoms with E-state index in [1.807, 2.05) is 166 Å². The molecule has 12 aromatic carbocycles. The summed E-state index contributed by atoms with van der Waals surface area (Å²) in [5, 5.41) is 0. The number of hydrogen-bond donors (Lipinski definition) is 0. The number of anilines is 12. The molecule has 0 aliphatic carbocycles. The van der Waals surface area contributed by atoms with Crippen molar-refractivity contribution in [2.24, 2.45) is 0 Å². The van der Waals surface area contributed by atoms with Crippen LogP contribution in [0.25, 0.3) is 12.2 Å². The van der Waals surface area contributed by atoms with Gasteiger partial charge < -0.3 is 19.6 Å². The van der Waals surface area contributed by atoms with Crippen LogP contribution in [0, 0.1) is 0 Å². The van der Waals surface area contributed by atoms with Crippen LogP contribution in [-0.4, -0.2) is 0 Å². The van der Waals surface area contributed by atoms with E-state index >= 15 is 0 Å². The van der Waals surface area contributed by atoms with Gasteiger partial charge in [0.05, 0.1) is 0 Å². The normalized spacial score (nSPS) is 9.13. The third-order valence-electron chi connectivity index (χ3n) is 14.1. The third-order valence-corrected chi connectivity index (χ3v) is 14.1. The average Bonchev–Trinajstić information content (AvgIpc) is 0.836. The molecule has 0 aliphatic heterocycles. The van der Waals surface area contributed by atoms with Crippen LogP contribution in [0.2, 0.25) is 0 Å². The van der Waals surface area contributed by atoms with Gasteiger partial charge in [0.25, 0.3) is 0 Å². The summed E-state index contributed by atoms with van der Waals surface area (Å²) in [6.45, 7) is 48.0. The summed E-state index contributed by atoms with van der Waals surface area (Å²) in [6, 6.07) is 119. The van der Waals surface area contributed by atoms with Crippen molar-refractivity contribution in [3.63, 3.8) is 0 Å². The van der Waals surface area contributed by atoms with E-state index in [4.69, 9.17) is 0 Å². The van der Waals surface area contributed by atoms with E-state index in [-0.39, 0.29) is 0 Å². The van der Waals surface area contributed by atoms with E-state index in [1.165, 1.54) is 22.3 Å². The standard InChI is InChI=1S/C41H34N2.C37H30N2.12C2H6/c1(6-16-34-26-30-40(31-27-34)42(36-18-8-2-9-19-36)37-20-10-3-11-21-37)7-17-35-28-32-41(33-29-35)43(38-22-12-4-13-23-38)39-24-14-5-15-25-39;1-5-13-32(14-6-1)38(33-15-7-2-8-16-33)36-25-21-30(22-26-36)29-31-23-27-37(28-24-31)39(34-17-9-3-10-18-34)35-19-11-4-12-20-35;12*1-2/h2-33H,1H2;1-28H,29H2;12*1-2H3/b16-6+,17-7+;;;;;;;;;;;;;. The van der Waals surface area contributed by atoms with Crippen molar-refractivity contribution in [2.45, 2.75) is 179 Å². The summed E-state index contributed by atoms with van der Waals surface area (Å²) in [5.41, 5.74) is 18.7. The molecule has 0 spiro atoms. The molecule has 0 unspecified atom stereocenters. The molecule has 106 heavy (non-hydrogen) atoms. The zero-order chi connectivity index (χ0) is 79.4. The van der Waals surface area contributed by atoms with Crippen LogP contribution < -0.4 is 19.6 Å². The lowest BCUT2D eigenvalue weighted by Gasteiger charge is -2.26. The average molecular weight is 1420 g/mol. The largest absolute Gasteiger partial charge is 0.311 e. The second-order valence-electron chi connectivity index (χ2n) is 19.8. The Morgan fingerprint density at radius 1 is 0.160 bits per heavy atom. The highest BCUT2D eigenvalue weighted by molar-refractivity contribution is 5.80. The Bertz CT molecular complexity index is 3430. The molecule has 0 radical (unpaired) electrons. The van der Waals surface area contributed by atoms with Crippen LogP contribution in [0.3, 0.4) is 0 Å². The molecule has 12 aromatic rings. The second-order valence-corrected chi connectivity index (χ2v) is 19.8. The van der Waals surface area contributed by atoms with Crippen LogP contribution >= 0.6 is 0 Å². The number of allylic oxidation sites excluding steroid dienone is 2. The summed E-state index contributed by atoms with van der Waals surface area (Å²) in [6.07, 6.45) is 10.5. The van der Waals surface area contributed by atoms with E-state index in [2.05, 4.69) is 384 Å². The molecule has 0 aromatic heterocycles. The molecule has 0 amide bonds. The first-order chi connectivity index (χ1) is 52.7. The molecular weight excluding hydrogens is 1280 g/mol. The Morgan fingerprint density at radius 2 is 0.292 bits per heavy atom. The summed E-state index contributed by atoms with van der Waals surface area (Å²) in [7, 11) is 0. The first-order valence-electron chi connectivity index (χ1n) is 40.0. The highest BCUT2D eigenvalue weighted by Gasteiger charge is 2.16. The van der Waals surface area contributed by atoms with E-state index < -0.39 is 0 Å². The van der Waals surface area contributed by atoms with E-state index in [9.17, 15) is 0 Å². The number of nitrogens with zero attached hydrogens (tertiary/aromatic N) is 4. The van der Waals surface area contributed by atoms with Crippen molar-refractivity contribution >= 4 is 80.4 Å². The SMILES string of the molecule is C(=C\c1ccc(N(c2ccccc2)c2ccccc2)cc1)/C/C=C/c1ccc(N(c2ccccc2)c2ccccc2)cc1.CC.CC.CC.CC.CC.CC.CC.CC.CC.CC.CC.CC.c1ccc(N(c2ccccc2)c2ccc(Cc3ccc(N(c4ccccc4)c4ccccc4)cc3)cc2)cc1. The van der Waals surface area contributed by atoms with E-state index in [0.717, 1.165) is 81.1 Å². The van der Waals surface area contributed by atoms with Crippen molar-refractivity contribution in [2.75, 3.05) is 19.6 Å². The van der Waals surface area contributed by atoms with Crippen LogP contribution in [-0.2, 0) is 6.42 Å². The van der Waals surface area contributed by atoms with Crippen molar-refractivity contribution in [1.82, 2.24) is 0 Å². The predicted octanol–water partition coefficient (Wildman–Crippen LogP) is 34.3. The molecule has 564 valence electrons. The fourth-order valence-corrected chi connectivity index (χ4v) is 10.1. The second kappa shape index (κ2) is 66.3. The zero-order valence-electron chi connectivity index (χ0n) is 69.8. The van der Waals surface area contributed by atoms with Crippen LogP contribution in [0.1, 0.15) is 195 Å².